The van der Waals surface area contributed by atoms with E-state index in [1.54, 1.807) is 0 Å². The second-order valence-electron chi connectivity index (χ2n) is 5.97. The predicted octanol–water partition coefficient (Wildman–Crippen LogP) is 2.98. The van der Waals surface area contributed by atoms with Gasteiger partial charge in [-0.05, 0) is 38.3 Å². The summed E-state index contributed by atoms with van der Waals surface area (Å²) in [6, 6.07) is 9.66. The Morgan fingerprint density at radius 1 is 1.16 bits per heavy atom. The van der Waals surface area contributed by atoms with Gasteiger partial charge in [-0.1, -0.05) is 30.0 Å². The van der Waals surface area contributed by atoms with E-state index < -0.39 is 0 Å². The van der Waals surface area contributed by atoms with E-state index in [0.29, 0.717) is 12.4 Å². The van der Waals surface area contributed by atoms with Crippen molar-refractivity contribution in [2.24, 2.45) is 0 Å². The van der Waals surface area contributed by atoms with Crippen LogP contribution < -0.4 is 4.74 Å². The zero-order valence-electron chi connectivity index (χ0n) is 14.6. The molecule has 1 aliphatic rings. The zero-order valence-corrected chi connectivity index (χ0v) is 15.4. The van der Waals surface area contributed by atoms with Crippen molar-refractivity contribution in [3.63, 3.8) is 0 Å². The van der Waals surface area contributed by atoms with Crippen LogP contribution in [0.1, 0.15) is 32.0 Å². The van der Waals surface area contributed by atoms with Crippen LogP contribution in [0.3, 0.4) is 0 Å². The van der Waals surface area contributed by atoms with Gasteiger partial charge in [0, 0.05) is 19.6 Å². The average Bonchev–Trinajstić information content (AvgIpc) is 3.07. The van der Waals surface area contributed by atoms with Gasteiger partial charge in [0.2, 0.25) is 5.91 Å². The Kier molecular flexibility index (Phi) is 6.33. The van der Waals surface area contributed by atoms with Crippen LogP contribution in [-0.4, -0.2) is 44.4 Å². The van der Waals surface area contributed by atoms with E-state index in [-0.39, 0.29) is 5.91 Å². The van der Waals surface area contributed by atoms with Gasteiger partial charge < -0.3 is 14.2 Å². The molecular formula is C18H24N4O2S. The van der Waals surface area contributed by atoms with Gasteiger partial charge in [-0.3, -0.25) is 4.79 Å². The van der Waals surface area contributed by atoms with Crippen LogP contribution >= 0.6 is 11.8 Å². The molecule has 3 rings (SSSR count). The molecule has 0 radical (unpaired) electrons. The lowest BCUT2D eigenvalue weighted by molar-refractivity contribution is -0.129. The summed E-state index contributed by atoms with van der Waals surface area (Å²) in [5, 5.41) is 9.25. The third-order valence-electron chi connectivity index (χ3n) is 4.25. The van der Waals surface area contributed by atoms with Crippen molar-refractivity contribution >= 4 is 17.7 Å². The number of aromatic nitrogens is 3. The molecule has 0 bridgehead atoms. The normalized spacial score (nSPS) is 14.5. The predicted molar refractivity (Wildman–Crippen MR) is 97.6 cm³/mol. The Labute approximate surface area is 152 Å². The Morgan fingerprint density at radius 2 is 1.92 bits per heavy atom. The quantitative estimate of drug-likeness (QED) is 0.711. The Morgan fingerprint density at radius 3 is 2.64 bits per heavy atom. The number of hydrogen-bond acceptors (Lipinski definition) is 5. The molecule has 2 heterocycles. The first-order valence-corrected chi connectivity index (χ1v) is 9.77. The van der Waals surface area contributed by atoms with E-state index >= 15 is 0 Å². The number of rotatable bonds is 7. The van der Waals surface area contributed by atoms with Gasteiger partial charge in [0.25, 0.3) is 0 Å². The van der Waals surface area contributed by atoms with Gasteiger partial charge in [-0.2, -0.15) is 0 Å². The summed E-state index contributed by atoms with van der Waals surface area (Å²) in [5.74, 6) is 2.19. The summed E-state index contributed by atoms with van der Waals surface area (Å²) in [6.07, 6.45) is 3.46. The van der Waals surface area contributed by atoms with E-state index in [9.17, 15) is 4.79 Å². The topological polar surface area (TPSA) is 60.2 Å². The number of piperidine rings is 1. The second-order valence-corrected chi connectivity index (χ2v) is 6.92. The largest absolute Gasteiger partial charge is 0.486 e. The molecule has 0 aliphatic carbocycles. The number of amides is 1. The SMILES string of the molecule is CCn1c(COc2ccccc2)nnc1SCC(=O)N1CCCCC1. The van der Waals surface area contributed by atoms with Gasteiger partial charge in [0.05, 0.1) is 5.75 Å². The Balaban J connectivity index is 1.56. The number of ether oxygens (including phenoxy) is 1. The monoisotopic (exact) mass is 360 g/mol. The summed E-state index contributed by atoms with van der Waals surface area (Å²) < 4.78 is 7.77. The minimum absolute atomic E-state index is 0.192. The number of hydrogen-bond donors (Lipinski definition) is 0. The summed E-state index contributed by atoms with van der Waals surface area (Å²) >= 11 is 1.46. The van der Waals surface area contributed by atoms with Crippen LogP contribution in [0.25, 0.3) is 0 Å². The first-order chi connectivity index (χ1) is 12.3. The van der Waals surface area contributed by atoms with Crippen molar-refractivity contribution in [2.45, 2.75) is 44.5 Å². The third kappa shape index (κ3) is 4.75. The molecule has 0 unspecified atom stereocenters. The second kappa shape index (κ2) is 8.89. The molecule has 1 fully saturated rings. The van der Waals surface area contributed by atoms with Crippen molar-refractivity contribution in [1.82, 2.24) is 19.7 Å². The maximum absolute atomic E-state index is 12.3. The van der Waals surface area contributed by atoms with Crippen LogP contribution in [0.2, 0.25) is 0 Å². The van der Waals surface area contributed by atoms with Crippen LogP contribution in [0.4, 0.5) is 0 Å². The van der Waals surface area contributed by atoms with Crippen molar-refractivity contribution in [2.75, 3.05) is 18.8 Å². The maximum atomic E-state index is 12.3. The number of likely N-dealkylation sites (tertiary alicyclic amines) is 1. The van der Waals surface area contributed by atoms with Crippen LogP contribution in [0.15, 0.2) is 35.5 Å². The molecule has 0 saturated carbocycles. The number of carbonyl (C=O) groups is 1. The molecule has 0 spiro atoms. The minimum Gasteiger partial charge on any atom is -0.486 e. The van der Waals surface area contributed by atoms with Gasteiger partial charge in [-0.25, -0.2) is 0 Å². The van der Waals surface area contributed by atoms with E-state index in [4.69, 9.17) is 4.74 Å². The molecule has 1 aliphatic heterocycles. The lowest BCUT2D eigenvalue weighted by Gasteiger charge is -2.26. The smallest absolute Gasteiger partial charge is 0.233 e. The van der Waals surface area contributed by atoms with E-state index in [1.165, 1.54) is 18.2 Å². The van der Waals surface area contributed by atoms with E-state index in [0.717, 1.165) is 49.2 Å². The van der Waals surface area contributed by atoms with Crippen molar-refractivity contribution in [3.8, 4) is 5.75 Å². The first-order valence-electron chi connectivity index (χ1n) is 8.78. The minimum atomic E-state index is 0.192. The molecule has 0 N–H and O–H groups in total. The highest BCUT2D eigenvalue weighted by molar-refractivity contribution is 7.99. The molecule has 1 aromatic carbocycles. The van der Waals surface area contributed by atoms with Crippen LogP contribution in [0, 0.1) is 0 Å². The van der Waals surface area contributed by atoms with Crippen LogP contribution in [-0.2, 0) is 17.9 Å². The van der Waals surface area contributed by atoms with Crippen molar-refractivity contribution in [1.29, 1.82) is 0 Å². The summed E-state index contributed by atoms with van der Waals surface area (Å²) in [6.45, 7) is 4.93. The van der Waals surface area contributed by atoms with Crippen molar-refractivity contribution in [3.05, 3.63) is 36.2 Å². The molecule has 25 heavy (non-hydrogen) atoms. The number of nitrogens with zero attached hydrogens (tertiary/aromatic N) is 4. The lowest BCUT2D eigenvalue weighted by Crippen LogP contribution is -2.36. The van der Waals surface area contributed by atoms with Gasteiger partial charge >= 0.3 is 0 Å². The summed E-state index contributed by atoms with van der Waals surface area (Å²) in [5.41, 5.74) is 0. The number of thioether (sulfide) groups is 1. The molecule has 134 valence electrons. The maximum Gasteiger partial charge on any atom is 0.233 e. The highest BCUT2D eigenvalue weighted by Crippen LogP contribution is 2.20. The highest BCUT2D eigenvalue weighted by Gasteiger charge is 2.19. The van der Waals surface area contributed by atoms with Gasteiger partial charge in [0.1, 0.15) is 12.4 Å². The molecule has 2 aromatic rings. The zero-order chi connectivity index (χ0) is 17.5. The Bertz CT molecular complexity index is 684. The number of carbonyl (C=O) groups excluding carboxylic acids is 1. The lowest BCUT2D eigenvalue weighted by atomic mass is 10.1. The molecular weight excluding hydrogens is 336 g/mol. The third-order valence-corrected chi connectivity index (χ3v) is 5.21. The van der Waals surface area contributed by atoms with Crippen LogP contribution in [0.5, 0.6) is 5.75 Å². The van der Waals surface area contributed by atoms with Gasteiger partial charge in [0.15, 0.2) is 11.0 Å². The van der Waals surface area contributed by atoms with E-state index in [1.807, 2.05) is 46.7 Å². The fourth-order valence-corrected chi connectivity index (χ4v) is 3.80. The van der Waals surface area contributed by atoms with Crippen molar-refractivity contribution < 1.29 is 9.53 Å². The first kappa shape index (κ1) is 17.8. The Hall–Kier alpha value is -2.02. The summed E-state index contributed by atoms with van der Waals surface area (Å²) in [7, 11) is 0. The molecule has 0 atom stereocenters. The molecule has 1 amide bonds. The fourth-order valence-electron chi connectivity index (χ4n) is 2.88. The molecule has 1 saturated heterocycles. The molecule has 7 heteroatoms. The average molecular weight is 360 g/mol. The molecule has 6 nitrogen and oxygen atoms in total. The fraction of sp³-hybridized carbons (Fsp3) is 0.500. The molecule has 1 aromatic heterocycles. The standard InChI is InChI=1S/C18H24N4O2S/c1-2-22-16(13-24-15-9-5-3-6-10-15)19-20-18(22)25-14-17(23)21-11-7-4-8-12-21/h3,5-6,9-10H,2,4,7-8,11-14H2,1H3. The number of para-hydroxylation sites is 1. The number of benzene rings is 1. The van der Waals surface area contributed by atoms with E-state index in [2.05, 4.69) is 10.2 Å². The van der Waals surface area contributed by atoms with Gasteiger partial charge in [-0.15, -0.1) is 10.2 Å². The highest BCUT2D eigenvalue weighted by atomic mass is 32.2. The summed E-state index contributed by atoms with van der Waals surface area (Å²) in [4.78, 5) is 14.3.